The van der Waals surface area contributed by atoms with E-state index in [2.05, 4.69) is 10.3 Å². The lowest BCUT2D eigenvalue weighted by Crippen LogP contribution is -2.22. The van der Waals surface area contributed by atoms with E-state index in [1.165, 1.54) is 23.5 Å². The van der Waals surface area contributed by atoms with Crippen LogP contribution >= 0.6 is 11.3 Å². The van der Waals surface area contributed by atoms with Crippen molar-refractivity contribution in [2.45, 2.75) is 12.3 Å². The molecule has 0 radical (unpaired) electrons. The zero-order chi connectivity index (χ0) is 12.7. The van der Waals surface area contributed by atoms with Gasteiger partial charge < -0.3 is 11.1 Å². The van der Waals surface area contributed by atoms with Gasteiger partial charge in [-0.3, -0.25) is 4.79 Å². The van der Waals surface area contributed by atoms with E-state index in [9.17, 15) is 9.18 Å². The van der Waals surface area contributed by atoms with Gasteiger partial charge in [0.05, 0.1) is 4.88 Å². The average Bonchev–Trinajstić information content (AvgIpc) is 2.69. The fourth-order valence-electron chi connectivity index (χ4n) is 2.10. The van der Waals surface area contributed by atoms with Crippen LogP contribution in [0.4, 0.5) is 15.3 Å². The first-order valence-electron chi connectivity index (χ1n) is 5.45. The summed E-state index contributed by atoms with van der Waals surface area (Å²) in [6.07, 6.45) is 0.334. The molecule has 0 bridgehead atoms. The first kappa shape index (κ1) is 11.2. The van der Waals surface area contributed by atoms with Crippen molar-refractivity contribution in [1.82, 2.24) is 4.98 Å². The van der Waals surface area contributed by atoms with Crippen molar-refractivity contribution in [3.05, 3.63) is 40.5 Å². The predicted molar refractivity (Wildman–Crippen MR) is 68.0 cm³/mol. The summed E-state index contributed by atoms with van der Waals surface area (Å²) in [5, 5.41) is 3.12. The number of amides is 1. The van der Waals surface area contributed by atoms with Crippen LogP contribution in [0.2, 0.25) is 0 Å². The number of fused-ring (bicyclic) bond motifs is 1. The van der Waals surface area contributed by atoms with E-state index in [-0.39, 0.29) is 17.6 Å². The van der Waals surface area contributed by atoms with Crippen LogP contribution in [-0.2, 0) is 4.79 Å². The quantitative estimate of drug-likeness (QED) is 0.829. The number of rotatable bonds is 1. The van der Waals surface area contributed by atoms with E-state index in [1.807, 2.05) is 0 Å². The topological polar surface area (TPSA) is 68.0 Å². The third kappa shape index (κ3) is 1.84. The maximum atomic E-state index is 12.9. The number of nitrogen functional groups attached to an aromatic ring is 1. The second-order valence-corrected chi connectivity index (χ2v) is 5.18. The third-order valence-corrected chi connectivity index (χ3v) is 3.90. The number of hydrogen-bond acceptors (Lipinski definition) is 4. The molecule has 1 atom stereocenters. The van der Waals surface area contributed by atoms with E-state index in [1.54, 1.807) is 12.1 Å². The van der Waals surface area contributed by atoms with Crippen LogP contribution in [-0.4, -0.2) is 10.9 Å². The second-order valence-electron chi connectivity index (χ2n) is 4.12. The Morgan fingerprint density at radius 2 is 2.11 bits per heavy atom. The predicted octanol–water partition coefficient (Wildman–Crippen LogP) is 2.34. The molecule has 18 heavy (non-hydrogen) atoms. The number of nitrogens with one attached hydrogen (secondary N) is 1. The monoisotopic (exact) mass is 263 g/mol. The number of hydrogen-bond donors (Lipinski definition) is 2. The molecule has 92 valence electrons. The maximum Gasteiger partial charge on any atom is 0.226 e. The molecule has 1 aromatic carbocycles. The van der Waals surface area contributed by atoms with Gasteiger partial charge in [-0.2, -0.15) is 0 Å². The lowest BCUT2D eigenvalue weighted by Gasteiger charge is -2.21. The second kappa shape index (κ2) is 4.06. The van der Waals surface area contributed by atoms with Gasteiger partial charge in [0.25, 0.3) is 0 Å². The molecule has 2 aromatic rings. The maximum absolute atomic E-state index is 12.9. The molecule has 1 aliphatic heterocycles. The molecule has 1 aliphatic rings. The molecule has 1 amide bonds. The highest BCUT2D eigenvalue weighted by Crippen LogP contribution is 2.41. The first-order valence-corrected chi connectivity index (χ1v) is 6.26. The lowest BCUT2D eigenvalue weighted by molar-refractivity contribution is -0.116. The molecule has 4 nitrogen and oxygen atoms in total. The van der Waals surface area contributed by atoms with Gasteiger partial charge in [0, 0.05) is 12.3 Å². The van der Waals surface area contributed by atoms with Crippen LogP contribution in [0.25, 0.3) is 0 Å². The van der Waals surface area contributed by atoms with Crippen LogP contribution in [0.15, 0.2) is 24.3 Å². The molecule has 2 heterocycles. The Kier molecular flexibility index (Phi) is 2.52. The highest BCUT2D eigenvalue weighted by Gasteiger charge is 2.29. The molecule has 3 N–H and O–H groups in total. The minimum absolute atomic E-state index is 0.0934. The highest BCUT2D eigenvalue weighted by molar-refractivity contribution is 7.16. The van der Waals surface area contributed by atoms with Crippen LogP contribution in [0, 0.1) is 5.82 Å². The van der Waals surface area contributed by atoms with Crippen LogP contribution < -0.4 is 11.1 Å². The Balaban J connectivity index is 2.06. The number of halogens is 1. The molecule has 1 aromatic heterocycles. The minimum atomic E-state index is -0.289. The Bertz CT molecular complexity index is 608. The summed E-state index contributed by atoms with van der Waals surface area (Å²) in [4.78, 5) is 16.6. The van der Waals surface area contributed by atoms with Gasteiger partial charge in [-0.25, -0.2) is 9.37 Å². The van der Waals surface area contributed by atoms with Crippen LogP contribution in [0.1, 0.15) is 22.8 Å². The van der Waals surface area contributed by atoms with Gasteiger partial charge in [0.2, 0.25) is 5.91 Å². The Morgan fingerprint density at radius 1 is 1.39 bits per heavy atom. The zero-order valence-electron chi connectivity index (χ0n) is 9.31. The van der Waals surface area contributed by atoms with Crippen molar-refractivity contribution in [3.8, 4) is 0 Å². The number of anilines is 2. The molecule has 0 spiro atoms. The lowest BCUT2D eigenvalue weighted by atomic mass is 9.92. The third-order valence-electron chi connectivity index (χ3n) is 2.91. The van der Waals surface area contributed by atoms with Crippen molar-refractivity contribution in [2.75, 3.05) is 11.1 Å². The molecular weight excluding hydrogens is 253 g/mol. The minimum Gasteiger partial charge on any atom is -0.375 e. The summed E-state index contributed by atoms with van der Waals surface area (Å²) in [6, 6.07) is 6.18. The molecule has 6 heteroatoms. The highest BCUT2D eigenvalue weighted by atomic mass is 32.1. The number of carbonyl (C=O) groups excluding carboxylic acids is 1. The smallest absolute Gasteiger partial charge is 0.226 e. The molecule has 3 rings (SSSR count). The van der Waals surface area contributed by atoms with Crippen LogP contribution in [0.5, 0.6) is 0 Å². The van der Waals surface area contributed by atoms with E-state index in [0.29, 0.717) is 17.4 Å². The average molecular weight is 263 g/mol. The Hall–Kier alpha value is -1.95. The Morgan fingerprint density at radius 3 is 2.83 bits per heavy atom. The summed E-state index contributed by atoms with van der Waals surface area (Å²) in [6.45, 7) is 0. The van der Waals surface area contributed by atoms with Crippen molar-refractivity contribution < 1.29 is 9.18 Å². The summed E-state index contributed by atoms with van der Waals surface area (Å²) in [5.74, 6) is 0.0532. The molecular formula is C12H10FN3OS. The van der Waals surface area contributed by atoms with Crippen LogP contribution in [0.3, 0.4) is 0 Å². The summed E-state index contributed by atoms with van der Waals surface area (Å²) in [7, 11) is 0. The van der Waals surface area contributed by atoms with Gasteiger partial charge in [-0.1, -0.05) is 23.5 Å². The Labute approximate surface area is 107 Å². The summed E-state index contributed by atoms with van der Waals surface area (Å²) < 4.78 is 12.9. The summed E-state index contributed by atoms with van der Waals surface area (Å²) >= 11 is 1.36. The van der Waals surface area contributed by atoms with Crippen molar-refractivity contribution >= 4 is 28.2 Å². The number of benzene rings is 1. The fraction of sp³-hybridized carbons (Fsp3) is 0.167. The largest absolute Gasteiger partial charge is 0.375 e. The van der Waals surface area contributed by atoms with Gasteiger partial charge in [-0.15, -0.1) is 0 Å². The fourth-order valence-corrected chi connectivity index (χ4v) is 3.02. The number of aromatic nitrogens is 1. The SMILES string of the molecule is Nc1nc2c(s1)[C@H](c1ccc(F)cc1)CC(=O)N2. The standard InChI is InChI=1S/C12H10FN3OS/c13-7-3-1-6(2-4-7)8-5-9(17)15-11-10(8)18-12(14)16-11/h1-4,8H,5H2,(H2,14,16)(H,15,17)/t8-/m0/s1. The van der Waals surface area contributed by atoms with E-state index < -0.39 is 0 Å². The van der Waals surface area contributed by atoms with Gasteiger partial charge in [0.15, 0.2) is 5.13 Å². The zero-order valence-corrected chi connectivity index (χ0v) is 10.1. The molecule has 0 aliphatic carbocycles. The van der Waals surface area contributed by atoms with Gasteiger partial charge in [0.1, 0.15) is 11.6 Å². The summed E-state index contributed by atoms with van der Waals surface area (Å²) in [5.41, 5.74) is 6.56. The number of nitrogens with two attached hydrogens (primary N) is 1. The van der Waals surface area contributed by atoms with Crippen molar-refractivity contribution in [2.24, 2.45) is 0 Å². The normalized spacial score (nSPS) is 18.3. The first-order chi connectivity index (χ1) is 8.63. The number of thiazole rings is 1. The van der Waals surface area contributed by atoms with E-state index in [0.717, 1.165) is 10.4 Å². The molecule has 0 unspecified atom stereocenters. The van der Waals surface area contributed by atoms with Crippen molar-refractivity contribution in [3.63, 3.8) is 0 Å². The van der Waals surface area contributed by atoms with E-state index in [4.69, 9.17) is 5.73 Å². The molecule has 0 saturated carbocycles. The molecule has 0 fully saturated rings. The molecule has 0 saturated heterocycles. The number of nitrogens with zero attached hydrogens (tertiary/aromatic N) is 1. The van der Waals surface area contributed by atoms with Gasteiger partial charge >= 0.3 is 0 Å². The van der Waals surface area contributed by atoms with E-state index >= 15 is 0 Å². The number of carbonyl (C=O) groups is 1. The van der Waals surface area contributed by atoms with Gasteiger partial charge in [-0.05, 0) is 17.7 Å². The van der Waals surface area contributed by atoms with Crippen molar-refractivity contribution in [1.29, 1.82) is 0 Å².